The van der Waals surface area contributed by atoms with Crippen LogP contribution < -0.4 is 0 Å². The predicted molar refractivity (Wildman–Crippen MR) is 75.8 cm³/mol. The Balaban J connectivity index is 1.98. The van der Waals surface area contributed by atoms with Crippen LogP contribution in [0.4, 0.5) is 4.39 Å². The molecule has 1 saturated carbocycles. The fourth-order valence-corrected chi connectivity index (χ4v) is 2.82. The van der Waals surface area contributed by atoms with Gasteiger partial charge in [-0.1, -0.05) is 30.3 Å². The first-order chi connectivity index (χ1) is 9.13. The van der Waals surface area contributed by atoms with Gasteiger partial charge >= 0.3 is 0 Å². The van der Waals surface area contributed by atoms with Gasteiger partial charge in [-0.05, 0) is 52.5 Å². The molecule has 0 saturated heterocycles. The lowest BCUT2D eigenvalue weighted by atomic mass is 9.87. The van der Waals surface area contributed by atoms with Crippen LogP contribution in [0.25, 0.3) is 0 Å². The minimum absolute atomic E-state index is 0.0828. The van der Waals surface area contributed by atoms with Crippen LogP contribution in [0.1, 0.15) is 28.8 Å². The Hall–Kier alpha value is -1.48. The molecule has 0 aromatic heterocycles. The van der Waals surface area contributed by atoms with Crippen molar-refractivity contribution in [2.75, 3.05) is 0 Å². The van der Waals surface area contributed by atoms with Crippen LogP contribution in [-0.2, 0) is 5.41 Å². The van der Waals surface area contributed by atoms with Crippen LogP contribution in [0.5, 0.6) is 0 Å². The highest BCUT2D eigenvalue weighted by molar-refractivity contribution is 9.10. The Kier molecular flexibility index (Phi) is 3.02. The minimum Gasteiger partial charge on any atom is -0.293 e. The van der Waals surface area contributed by atoms with E-state index in [2.05, 4.69) is 15.9 Å². The third-order valence-corrected chi connectivity index (χ3v) is 4.30. The quantitative estimate of drug-likeness (QED) is 0.761. The summed E-state index contributed by atoms with van der Waals surface area (Å²) in [6.45, 7) is 0. The molecule has 0 N–H and O–H groups in total. The average Bonchev–Trinajstić information content (AvgIpc) is 3.24. The maximum absolute atomic E-state index is 13.2. The lowest BCUT2D eigenvalue weighted by Crippen LogP contribution is -2.20. The summed E-state index contributed by atoms with van der Waals surface area (Å²) in [5.41, 5.74) is 1.23. The van der Waals surface area contributed by atoms with Crippen molar-refractivity contribution >= 4 is 21.7 Å². The van der Waals surface area contributed by atoms with E-state index in [4.69, 9.17) is 0 Å². The monoisotopic (exact) mass is 318 g/mol. The summed E-state index contributed by atoms with van der Waals surface area (Å²) < 4.78 is 13.6. The van der Waals surface area contributed by atoms with Gasteiger partial charge < -0.3 is 0 Å². The third-order valence-electron chi connectivity index (χ3n) is 3.69. The summed E-state index contributed by atoms with van der Waals surface area (Å²) >= 11 is 3.13. The molecular weight excluding hydrogens is 307 g/mol. The first-order valence-corrected chi connectivity index (χ1v) is 6.98. The molecule has 2 aromatic carbocycles. The first-order valence-electron chi connectivity index (χ1n) is 6.19. The molecule has 0 bridgehead atoms. The number of halogens is 2. The van der Waals surface area contributed by atoms with Crippen molar-refractivity contribution in [2.45, 2.75) is 18.3 Å². The molecule has 0 unspecified atom stereocenters. The summed E-state index contributed by atoms with van der Waals surface area (Å²) in [6.07, 6.45) is 1.73. The number of Topliss-reactive ketones (excluding diaryl/α,β-unsaturated/α-hetero) is 1. The van der Waals surface area contributed by atoms with Crippen LogP contribution >= 0.6 is 15.9 Å². The minimum atomic E-state index is -0.390. The molecule has 1 aliphatic carbocycles. The lowest BCUT2D eigenvalue weighted by molar-refractivity contribution is 0.0946. The van der Waals surface area contributed by atoms with E-state index in [1.807, 2.05) is 30.3 Å². The second-order valence-electron chi connectivity index (χ2n) is 4.91. The molecule has 0 aliphatic heterocycles. The van der Waals surface area contributed by atoms with Crippen LogP contribution in [0.3, 0.4) is 0 Å². The van der Waals surface area contributed by atoms with Crippen molar-refractivity contribution in [2.24, 2.45) is 0 Å². The number of hydrogen-bond acceptors (Lipinski definition) is 1. The van der Waals surface area contributed by atoms with E-state index in [0.717, 1.165) is 18.4 Å². The Morgan fingerprint density at radius 1 is 1.11 bits per heavy atom. The van der Waals surface area contributed by atoms with E-state index in [0.29, 0.717) is 10.0 Å². The molecule has 2 aromatic rings. The van der Waals surface area contributed by atoms with Gasteiger partial charge in [0, 0.05) is 5.56 Å². The Morgan fingerprint density at radius 3 is 2.37 bits per heavy atom. The fraction of sp³-hybridized carbons (Fsp3) is 0.188. The van der Waals surface area contributed by atoms with E-state index in [1.165, 1.54) is 6.07 Å². The van der Waals surface area contributed by atoms with Crippen molar-refractivity contribution < 1.29 is 9.18 Å². The second kappa shape index (κ2) is 4.57. The number of carbonyl (C=O) groups excluding carboxylic acids is 1. The number of carbonyl (C=O) groups is 1. The third kappa shape index (κ3) is 2.12. The molecule has 0 atom stereocenters. The summed E-state index contributed by atoms with van der Waals surface area (Å²) in [4.78, 5) is 12.6. The van der Waals surface area contributed by atoms with Gasteiger partial charge in [-0.3, -0.25) is 4.79 Å². The number of ketones is 1. The lowest BCUT2D eigenvalue weighted by Gasteiger charge is -2.14. The summed E-state index contributed by atoms with van der Waals surface area (Å²) in [5, 5.41) is 0. The zero-order chi connectivity index (χ0) is 13.5. The van der Waals surface area contributed by atoms with Gasteiger partial charge in [-0.2, -0.15) is 0 Å². The molecule has 19 heavy (non-hydrogen) atoms. The zero-order valence-corrected chi connectivity index (χ0v) is 11.8. The first kappa shape index (κ1) is 12.5. The summed E-state index contributed by atoms with van der Waals surface area (Å²) in [6, 6.07) is 14.3. The van der Waals surface area contributed by atoms with Crippen LogP contribution in [0.15, 0.2) is 53.0 Å². The summed E-state index contributed by atoms with van der Waals surface area (Å²) in [5.74, 6) is -0.263. The number of benzene rings is 2. The van der Waals surface area contributed by atoms with Gasteiger partial charge in [0.1, 0.15) is 5.82 Å². The molecular formula is C16H12BrFO. The standard InChI is InChI=1S/C16H12BrFO/c17-13-10-11(6-7-14(13)18)15(19)16(8-9-16)12-4-2-1-3-5-12/h1-7,10H,8-9H2. The fourth-order valence-electron chi connectivity index (χ4n) is 2.44. The van der Waals surface area contributed by atoms with Crippen molar-refractivity contribution in [1.29, 1.82) is 0 Å². The van der Waals surface area contributed by atoms with E-state index in [-0.39, 0.29) is 11.6 Å². The van der Waals surface area contributed by atoms with E-state index in [9.17, 15) is 9.18 Å². The van der Waals surface area contributed by atoms with Gasteiger partial charge in [-0.25, -0.2) is 4.39 Å². The number of rotatable bonds is 3. The van der Waals surface area contributed by atoms with Crippen molar-refractivity contribution in [3.05, 3.63) is 69.9 Å². The normalized spacial score (nSPS) is 16.1. The highest BCUT2D eigenvalue weighted by Gasteiger charge is 2.51. The molecule has 0 amide bonds. The molecule has 3 heteroatoms. The number of hydrogen-bond donors (Lipinski definition) is 0. The molecule has 1 nitrogen and oxygen atoms in total. The summed E-state index contributed by atoms with van der Waals surface area (Å²) in [7, 11) is 0. The van der Waals surface area contributed by atoms with E-state index in [1.54, 1.807) is 12.1 Å². The predicted octanol–water partition coefficient (Wildman–Crippen LogP) is 4.50. The maximum Gasteiger partial charge on any atom is 0.173 e. The van der Waals surface area contributed by atoms with Crippen molar-refractivity contribution in [3.63, 3.8) is 0 Å². The molecule has 0 radical (unpaired) electrons. The molecule has 0 heterocycles. The maximum atomic E-state index is 13.2. The van der Waals surface area contributed by atoms with Gasteiger partial charge in [-0.15, -0.1) is 0 Å². The Morgan fingerprint density at radius 2 is 1.79 bits per heavy atom. The molecule has 96 valence electrons. The zero-order valence-electron chi connectivity index (χ0n) is 10.2. The van der Waals surface area contributed by atoms with Gasteiger partial charge in [0.2, 0.25) is 0 Å². The van der Waals surface area contributed by atoms with Gasteiger partial charge in [0.15, 0.2) is 5.78 Å². The average molecular weight is 319 g/mol. The smallest absolute Gasteiger partial charge is 0.173 e. The van der Waals surface area contributed by atoms with Gasteiger partial charge in [0.25, 0.3) is 0 Å². The highest BCUT2D eigenvalue weighted by Crippen LogP contribution is 2.50. The molecule has 0 spiro atoms. The topological polar surface area (TPSA) is 17.1 Å². The van der Waals surface area contributed by atoms with Crippen LogP contribution in [-0.4, -0.2) is 5.78 Å². The molecule has 1 fully saturated rings. The second-order valence-corrected chi connectivity index (χ2v) is 5.76. The molecule has 3 rings (SSSR count). The van der Waals surface area contributed by atoms with Crippen molar-refractivity contribution in [1.82, 2.24) is 0 Å². The van der Waals surface area contributed by atoms with Gasteiger partial charge in [0.05, 0.1) is 9.89 Å². The SMILES string of the molecule is O=C(c1ccc(F)c(Br)c1)C1(c2ccccc2)CC1. The Labute approximate surface area is 119 Å². The molecule has 1 aliphatic rings. The van der Waals surface area contributed by atoms with E-state index >= 15 is 0 Å². The van der Waals surface area contributed by atoms with Crippen molar-refractivity contribution in [3.8, 4) is 0 Å². The largest absolute Gasteiger partial charge is 0.293 e. The van der Waals surface area contributed by atoms with E-state index < -0.39 is 5.41 Å². The Bertz CT molecular complexity index is 632. The highest BCUT2D eigenvalue weighted by atomic mass is 79.9. The van der Waals surface area contributed by atoms with Crippen LogP contribution in [0, 0.1) is 5.82 Å². The van der Waals surface area contributed by atoms with Crippen LogP contribution in [0.2, 0.25) is 0 Å².